The molecule has 1 heterocycles. The summed E-state index contributed by atoms with van der Waals surface area (Å²) in [5.41, 5.74) is 1.38. The van der Waals surface area contributed by atoms with Gasteiger partial charge in [0.05, 0.1) is 12.3 Å². The number of esters is 1. The molecule has 4 nitrogen and oxygen atoms in total. The maximum absolute atomic E-state index is 12.0. The van der Waals surface area contributed by atoms with Gasteiger partial charge in [-0.15, -0.1) is 0 Å². The fourth-order valence-corrected chi connectivity index (χ4v) is 3.67. The number of rotatable bonds is 5. The minimum absolute atomic E-state index is 0.261. The summed E-state index contributed by atoms with van der Waals surface area (Å²) in [6.45, 7) is 6.35. The Morgan fingerprint density at radius 1 is 1.35 bits per heavy atom. The minimum Gasteiger partial charge on any atom is -0.462 e. The smallest absolute Gasteiger partial charge is 0.343 e. The van der Waals surface area contributed by atoms with Crippen molar-refractivity contribution < 1.29 is 9.53 Å². The van der Waals surface area contributed by atoms with Crippen LogP contribution < -0.4 is 5.32 Å². The molecule has 20 heavy (non-hydrogen) atoms. The maximum Gasteiger partial charge on any atom is 0.343 e. The van der Waals surface area contributed by atoms with Crippen LogP contribution in [0, 0.1) is 12.8 Å². The first-order chi connectivity index (χ1) is 9.65. The van der Waals surface area contributed by atoms with Gasteiger partial charge in [0.1, 0.15) is 10.6 Å². The highest BCUT2D eigenvalue weighted by Gasteiger charge is 2.24. The SMILES string of the molecule is CCOC(=O)c1c(C)nsc1NC1CCC(CC)CC1. The predicted molar refractivity (Wildman–Crippen MR) is 82.5 cm³/mol. The molecule has 0 amide bonds. The molecule has 5 heteroatoms. The molecule has 0 atom stereocenters. The summed E-state index contributed by atoms with van der Waals surface area (Å²) in [5.74, 6) is 0.615. The Balaban J connectivity index is 2.01. The molecule has 0 aromatic carbocycles. The van der Waals surface area contributed by atoms with Crippen LogP contribution in [0.3, 0.4) is 0 Å². The Morgan fingerprint density at radius 3 is 2.65 bits per heavy atom. The first-order valence-electron chi connectivity index (χ1n) is 7.55. The predicted octanol–water partition coefficient (Wildman–Crippen LogP) is 4.01. The second-order valence-corrected chi connectivity index (χ2v) is 6.24. The van der Waals surface area contributed by atoms with Crippen LogP contribution in [0.25, 0.3) is 0 Å². The van der Waals surface area contributed by atoms with Crippen LogP contribution in [0.4, 0.5) is 5.00 Å². The highest BCUT2D eigenvalue weighted by Crippen LogP contribution is 2.32. The van der Waals surface area contributed by atoms with Crippen LogP contribution in [-0.2, 0) is 4.74 Å². The number of anilines is 1. The van der Waals surface area contributed by atoms with E-state index >= 15 is 0 Å². The van der Waals surface area contributed by atoms with E-state index in [1.54, 1.807) is 0 Å². The first kappa shape index (κ1) is 15.3. The molecule has 0 bridgehead atoms. The largest absolute Gasteiger partial charge is 0.462 e. The molecule has 1 aromatic heterocycles. The summed E-state index contributed by atoms with van der Waals surface area (Å²) >= 11 is 1.37. The maximum atomic E-state index is 12.0. The van der Waals surface area contributed by atoms with Crippen molar-refractivity contribution in [1.29, 1.82) is 0 Å². The molecule has 0 unspecified atom stereocenters. The zero-order valence-corrected chi connectivity index (χ0v) is 13.4. The van der Waals surface area contributed by atoms with Gasteiger partial charge in [0, 0.05) is 6.04 Å². The lowest BCUT2D eigenvalue weighted by Gasteiger charge is -2.28. The van der Waals surface area contributed by atoms with Gasteiger partial charge in [-0.1, -0.05) is 13.3 Å². The number of hydrogen-bond donors (Lipinski definition) is 1. The molecule has 1 N–H and O–H groups in total. The number of ether oxygens (including phenoxy) is 1. The van der Waals surface area contributed by atoms with Crippen molar-refractivity contribution in [2.24, 2.45) is 5.92 Å². The second kappa shape index (κ2) is 7.07. The van der Waals surface area contributed by atoms with Gasteiger partial charge in [0.2, 0.25) is 0 Å². The van der Waals surface area contributed by atoms with E-state index in [2.05, 4.69) is 16.6 Å². The molecule has 112 valence electrons. The molecular weight excluding hydrogens is 272 g/mol. The zero-order valence-electron chi connectivity index (χ0n) is 12.6. The normalized spacial score (nSPS) is 22.6. The summed E-state index contributed by atoms with van der Waals surface area (Å²) in [4.78, 5) is 12.0. The molecule has 1 aliphatic rings. The van der Waals surface area contributed by atoms with Gasteiger partial charge >= 0.3 is 5.97 Å². The number of carbonyl (C=O) groups excluding carboxylic acids is 1. The summed E-state index contributed by atoms with van der Waals surface area (Å²) in [7, 11) is 0. The Labute approximate surface area is 125 Å². The highest BCUT2D eigenvalue weighted by molar-refractivity contribution is 7.10. The fraction of sp³-hybridized carbons (Fsp3) is 0.733. The number of aromatic nitrogens is 1. The number of nitrogens with one attached hydrogen (secondary N) is 1. The third kappa shape index (κ3) is 3.51. The average molecular weight is 296 g/mol. The van der Waals surface area contributed by atoms with Gasteiger partial charge in [-0.05, 0) is 57.0 Å². The lowest BCUT2D eigenvalue weighted by Crippen LogP contribution is -2.26. The summed E-state index contributed by atoms with van der Waals surface area (Å²) in [6, 6.07) is 0.464. The molecular formula is C15H24N2O2S. The lowest BCUT2D eigenvalue weighted by atomic mass is 9.84. The van der Waals surface area contributed by atoms with Gasteiger partial charge in [0.15, 0.2) is 0 Å². The number of carbonyl (C=O) groups is 1. The van der Waals surface area contributed by atoms with Gasteiger partial charge in [-0.2, -0.15) is 4.37 Å². The van der Waals surface area contributed by atoms with E-state index in [4.69, 9.17) is 4.74 Å². The topological polar surface area (TPSA) is 51.2 Å². The van der Waals surface area contributed by atoms with Crippen molar-refractivity contribution in [2.75, 3.05) is 11.9 Å². The Morgan fingerprint density at radius 2 is 2.05 bits per heavy atom. The average Bonchev–Trinajstić information content (AvgIpc) is 2.81. The van der Waals surface area contributed by atoms with E-state index in [9.17, 15) is 4.79 Å². The van der Waals surface area contributed by atoms with Crippen molar-refractivity contribution in [2.45, 2.75) is 58.9 Å². The molecule has 0 spiro atoms. The third-order valence-electron chi connectivity index (χ3n) is 4.10. The van der Waals surface area contributed by atoms with Gasteiger partial charge < -0.3 is 10.1 Å². The molecule has 1 aromatic rings. The van der Waals surface area contributed by atoms with E-state index < -0.39 is 0 Å². The Bertz CT molecular complexity index is 451. The number of nitrogens with zero attached hydrogens (tertiary/aromatic N) is 1. The molecule has 0 aliphatic heterocycles. The van der Waals surface area contributed by atoms with Crippen molar-refractivity contribution >= 4 is 22.5 Å². The van der Waals surface area contributed by atoms with Crippen molar-refractivity contribution in [3.05, 3.63) is 11.3 Å². The van der Waals surface area contributed by atoms with Gasteiger partial charge in [-0.25, -0.2) is 4.79 Å². The molecule has 0 radical (unpaired) electrons. The number of aryl methyl sites for hydroxylation is 1. The lowest BCUT2D eigenvalue weighted by molar-refractivity contribution is 0.0527. The molecule has 1 saturated carbocycles. The van der Waals surface area contributed by atoms with Crippen LogP contribution >= 0.6 is 11.5 Å². The summed E-state index contributed by atoms with van der Waals surface area (Å²) in [5, 5.41) is 4.39. The Hall–Kier alpha value is -1.10. The highest BCUT2D eigenvalue weighted by atomic mass is 32.1. The molecule has 0 saturated heterocycles. The third-order valence-corrected chi connectivity index (χ3v) is 4.97. The Kier molecular flexibility index (Phi) is 5.40. The van der Waals surface area contributed by atoms with Crippen molar-refractivity contribution in [3.8, 4) is 0 Å². The summed E-state index contributed by atoms with van der Waals surface area (Å²) < 4.78 is 9.41. The first-order valence-corrected chi connectivity index (χ1v) is 8.32. The zero-order chi connectivity index (χ0) is 14.5. The van der Waals surface area contributed by atoms with Crippen LogP contribution in [0.1, 0.15) is 62.0 Å². The van der Waals surface area contributed by atoms with E-state index in [1.807, 2.05) is 13.8 Å². The van der Waals surface area contributed by atoms with Gasteiger partial charge in [-0.3, -0.25) is 0 Å². The van der Waals surface area contributed by atoms with Crippen LogP contribution in [0.5, 0.6) is 0 Å². The minimum atomic E-state index is -0.261. The molecule has 2 rings (SSSR count). The van der Waals surface area contributed by atoms with E-state index in [0.717, 1.165) is 16.6 Å². The van der Waals surface area contributed by atoms with Crippen LogP contribution in [0.15, 0.2) is 0 Å². The number of hydrogen-bond acceptors (Lipinski definition) is 5. The second-order valence-electron chi connectivity index (χ2n) is 5.46. The molecule has 1 aliphatic carbocycles. The fourth-order valence-electron chi connectivity index (χ4n) is 2.81. The molecule has 1 fully saturated rings. The quantitative estimate of drug-likeness (QED) is 0.834. The van der Waals surface area contributed by atoms with Crippen LogP contribution in [-0.4, -0.2) is 23.0 Å². The van der Waals surface area contributed by atoms with Crippen LogP contribution in [0.2, 0.25) is 0 Å². The van der Waals surface area contributed by atoms with E-state index in [-0.39, 0.29) is 5.97 Å². The van der Waals surface area contributed by atoms with Gasteiger partial charge in [0.25, 0.3) is 0 Å². The summed E-state index contributed by atoms with van der Waals surface area (Å²) in [6.07, 6.45) is 6.19. The van der Waals surface area contributed by atoms with E-state index in [1.165, 1.54) is 43.6 Å². The van der Waals surface area contributed by atoms with E-state index in [0.29, 0.717) is 18.2 Å². The van der Waals surface area contributed by atoms with Crippen molar-refractivity contribution in [1.82, 2.24) is 4.37 Å². The standard InChI is InChI=1S/C15H24N2O2S/c1-4-11-6-8-12(9-7-11)16-14-13(10(3)17-20-14)15(18)19-5-2/h11-12,16H,4-9H2,1-3H3. The monoisotopic (exact) mass is 296 g/mol. The van der Waals surface area contributed by atoms with Crippen molar-refractivity contribution in [3.63, 3.8) is 0 Å².